The molecule has 27 heavy (non-hydrogen) atoms. The zero-order valence-electron chi connectivity index (χ0n) is 14.4. The topological polar surface area (TPSA) is 75.3 Å². The van der Waals surface area contributed by atoms with Crippen molar-refractivity contribution in [3.8, 4) is 0 Å². The number of anilines is 2. The molecule has 0 saturated heterocycles. The van der Waals surface area contributed by atoms with Gasteiger partial charge in [-0.1, -0.05) is 28.1 Å². The average molecular weight is 465 g/mol. The third-order valence-electron chi connectivity index (χ3n) is 3.77. The van der Waals surface area contributed by atoms with Gasteiger partial charge in [-0.15, -0.1) is 11.3 Å². The van der Waals surface area contributed by atoms with E-state index in [1.54, 1.807) is 43.3 Å². The highest BCUT2D eigenvalue weighted by molar-refractivity contribution is 9.10. The largest absolute Gasteiger partial charge is 0.326 e. The number of carbonyl (C=O) groups is 1. The van der Waals surface area contributed by atoms with Crippen molar-refractivity contribution in [2.45, 2.75) is 18.2 Å². The molecule has 140 valence electrons. The van der Waals surface area contributed by atoms with Crippen LogP contribution in [0.1, 0.15) is 10.4 Å². The zero-order chi connectivity index (χ0) is 19.4. The lowest BCUT2D eigenvalue weighted by Crippen LogP contribution is -2.17. The van der Waals surface area contributed by atoms with Crippen LogP contribution >= 0.6 is 27.3 Å². The van der Waals surface area contributed by atoms with Crippen molar-refractivity contribution in [1.29, 1.82) is 0 Å². The summed E-state index contributed by atoms with van der Waals surface area (Å²) in [6.07, 6.45) is 0.255. The van der Waals surface area contributed by atoms with Crippen LogP contribution < -0.4 is 10.0 Å². The summed E-state index contributed by atoms with van der Waals surface area (Å²) in [6, 6.07) is 15.5. The summed E-state index contributed by atoms with van der Waals surface area (Å²) >= 11 is 4.82. The van der Waals surface area contributed by atoms with Gasteiger partial charge in [0.1, 0.15) is 0 Å². The summed E-state index contributed by atoms with van der Waals surface area (Å²) < 4.78 is 29.0. The molecule has 0 bridgehead atoms. The van der Waals surface area contributed by atoms with Crippen LogP contribution in [0.2, 0.25) is 0 Å². The highest BCUT2D eigenvalue weighted by Crippen LogP contribution is 2.24. The lowest BCUT2D eigenvalue weighted by molar-refractivity contribution is -0.115. The summed E-state index contributed by atoms with van der Waals surface area (Å²) in [6.45, 7) is 1.72. The molecule has 1 aromatic heterocycles. The van der Waals surface area contributed by atoms with Crippen LogP contribution in [0.3, 0.4) is 0 Å². The number of nitrogens with one attached hydrogen (secondary N) is 2. The van der Waals surface area contributed by atoms with Gasteiger partial charge >= 0.3 is 0 Å². The molecule has 2 aromatic carbocycles. The van der Waals surface area contributed by atoms with Crippen LogP contribution in [-0.4, -0.2) is 14.3 Å². The molecule has 0 atom stereocenters. The van der Waals surface area contributed by atoms with E-state index in [0.29, 0.717) is 16.9 Å². The smallest absolute Gasteiger partial charge is 0.262 e. The van der Waals surface area contributed by atoms with E-state index in [1.807, 2.05) is 17.5 Å². The Kier molecular flexibility index (Phi) is 5.98. The number of halogens is 1. The number of thiophene rings is 1. The molecule has 0 aliphatic heterocycles. The predicted molar refractivity (Wildman–Crippen MR) is 113 cm³/mol. The van der Waals surface area contributed by atoms with Crippen molar-refractivity contribution in [1.82, 2.24) is 0 Å². The second-order valence-corrected chi connectivity index (χ2v) is 9.50. The highest BCUT2D eigenvalue weighted by Gasteiger charge is 2.18. The van der Waals surface area contributed by atoms with E-state index in [2.05, 4.69) is 26.0 Å². The zero-order valence-corrected chi connectivity index (χ0v) is 17.6. The summed E-state index contributed by atoms with van der Waals surface area (Å²) in [5.74, 6) is -0.189. The van der Waals surface area contributed by atoms with Gasteiger partial charge in [0, 0.05) is 20.7 Å². The summed E-state index contributed by atoms with van der Waals surface area (Å²) in [4.78, 5) is 13.2. The second kappa shape index (κ2) is 8.24. The van der Waals surface area contributed by atoms with Crippen molar-refractivity contribution in [2.75, 3.05) is 10.0 Å². The summed E-state index contributed by atoms with van der Waals surface area (Å²) in [5, 5.41) is 4.67. The van der Waals surface area contributed by atoms with E-state index in [9.17, 15) is 13.2 Å². The van der Waals surface area contributed by atoms with Crippen LogP contribution in [0, 0.1) is 6.92 Å². The molecule has 5 nitrogen and oxygen atoms in total. The van der Waals surface area contributed by atoms with Crippen molar-refractivity contribution >= 4 is 54.6 Å². The van der Waals surface area contributed by atoms with Crippen LogP contribution in [0.25, 0.3) is 0 Å². The van der Waals surface area contributed by atoms with E-state index in [-0.39, 0.29) is 17.2 Å². The molecule has 8 heteroatoms. The van der Waals surface area contributed by atoms with Gasteiger partial charge < -0.3 is 5.32 Å². The quantitative estimate of drug-likeness (QED) is 0.549. The van der Waals surface area contributed by atoms with Crippen LogP contribution in [-0.2, 0) is 21.2 Å². The fourth-order valence-electron chi connectivity index (χ4n) is 2.47. The van der Waals surface area contributed by atoms with Gasteiger partial charge in [0.15, 0.2) is 0 Å². The maximum absolute atomic E-state index is 12.8. The molecule has 1 amide bonds. The summed E-state index contributed by atoms with van der Waals surface area (Å²) in [7, 11) is -3.78. The van der Waals surface area contributed by atoms with Crippen LogP contribution in [0.15, 0.2) is 69.3 Å². The van der Waals surface area contributed by atoms with Crippen molar-refractivity contribution in [3.05, 3.63) is 74.9 Å². The SMILES string of the molecule is Cc1ccc(NC(=O)Cc2cccs2)cc1S(=O)(=O)Nc1ccc(Br)cc1. The molecule has 0 aliphatic rings. The molecule has 0 fully saturated rings. The monoisotopic (exact) mass is 464 g/mol. The normalized spacial score (nSPS) is 11.2. The fraction of sp³-hybridized carbons (Fsp3) is 0.105. The van der Waals surface area contributed by atoms with Gasteiger partial charge in [-0.05, 0) is 60.3 Å². The van der Waals surface area contributed by atoms with Gasteiger partial charge in [-0.25, -0.2) is 8.42 Å². The molecule has 1 heterocycles. The average Bonchev–Trinajstić information content (AvgIpc) is 3.11. The van der Waals surface area contributed by atoms with E-state index in [4.69, 9.17) is 0 Å². The molecule has 0 aliphatic carbocycles. The molecule has 0 spiro atoms. The minimum Gasteiger partial charge on any atom is -0.326 e. The van der Waals surface area contributed by atoms with Crippen molar-refractivity contribution < 1.29 is 13.2 Å². The number of carbonyl (C=O) groups excluding carboxylic acids is 1. The van der Waals surface area contributed by atoms with Gasteiger partial charge in [-0.2, -0.15) is 0 Å². The Bertz CT molecular complexity index is 1050. The maximum atomic E-state index is 12.8. The number of rotatable bonds is 6. The van der Waals surface area contributed by atoms with E-state index < -0.39 is 10.0 Å². The van der Waals surface area contributed by atoms with E-state index in [1.165, 1.54) is 17.4 Å². The fourth-order valence-corrected chi connectivity index (χ4v) is 4.77. The van der Waals surface area contributed by atoms with Crippen molar-refractivity contribution in [2.24, 2.45) is 0 Å². The third-order valence-corrected chi connectivity index (χ3v) is 6.70. The minimum absolute atomic E-state index is 0.124. The molecule has 0 radical (unpaired) electrons. The lowest BCUT2D eigenvalue weighted by Gasteiger charge is -2.13. The number of benzene rings is 2. The Hall–Kier alpha value is -2.16. The van der Waals surface area contributed by atoms with Gasteiger partial charge in [0.05, 0.1) is 11.3 Å². The molecule has 3 aromatic rings. The Balaban J connectivity index is 1.79. The molecule has 3 rings (SSSR count). The molecule has 0 saturated carbocycles. The number of amides is 1. The van der Waals surface area contributed by atoms with E-state index >= 15 is 0 Å². The summed E-state index contributed by atoms with van der Waals surface area (Å²) in [5.41, 5.74) is 1.50. The first-order valence-electron chi connectivity index (χ1n) is 8.05. The number of sulfonamides is 1. The first kappa shape index (κ1) is 19.6. The van der Waals surface area contributed by atoms with Crippen LogP contribution in [0.4, 0.5) is 11.4 Å². The highest BCUT2D eigenvalue weighted by atomic mass is 79.9. The van der Waals surface area contributed by atoms with Gasteiger partial charge in [-0.3, -0.25) is 9.52 Å². The number of hydrogen-bond donors (Lipinski definition) is 2. The Morgan fingerprint density at radius 1 is 1.07 bits per heavy atom. The molecular weight excluding hydrogens is 448 g/mol. The first-order valence-corrected chi connectivity index (χ1v) is 11.2. The molecule has 0 unspecified atom stereocenters. The first-order chi connectivity index (χ1) is 12.8. The van der Waals surface area contributed by atoms with E-state index in [0.717, 1.165) is 9.35 Å². The molecular formula is C19H17BrN2O3S2. The van der Waals surface area contributed by atoms with Crippen molar-refractivity contribution in [3.63, 3.8) is 0 Å². The molecule has 2 N–H and O–H groups in total. The second-order valence-electron chi connectivity index (χ2n) is 5.90. The minimum atomic E-state index is -3.78. The predicted octanol–water partition coefficient (Wildman–Crippen LogP) is 4.80. The standard InChI is InChI=1S/C19H17BrN2O3S2/c1-13-4-7-16(21-19(23)12-17-3-2-10-26-17)11-18(13)27(24,25)22-15-8-5-14(20)6-9-15/h2-11,22H,12H2,1H3,(H,21,23). The Morgan fingerprint density at radius 2 is 1.78 bits per heavy atom. The number of hydrogen-bond acceptors (Lipinski definition) is 4. The maximum Gasteiger partial charge on any atom is 0.262 e. The van der Waals surface area contributed by atoms with Crippen LogP contribution in [0.5, 0.6) is 0 Å². The lowest BCUT2D eigenvalue weighted by atomic mass is 10.2. The van der Waals surface area contributed by atoms with Gasteiger partial charge in [0.2, 0.25) is 5.91 Å². The third kappa shape index (κ3) is 5.18. The number of aryl methyl sites for hydroxylation is 1. The van der Waals surface area contributed by atoms with Gasteiger partial charge in [0.25, 0.3) is 10.0 Å². The Morgan fingerprint density at radius 3 is 2.44 bits per heavy atom. The Labute approximate surface area is 170 Å².